The van der Waals surface area contributed by atoms with Crippen LogP contribution in [0.4, 0.5) is 23.7 Å². The highest BCUT2D eigenvalue weighted by Gasteiger charge is 2.54. The summed E-state index contributed by atoms with van der Waals surface area (Å²) in [5.41, 5.74) is -2.99. The predicted octanol–water partition coefficient (Wildman–Crippen LogP) is 4.29. The van der Waals surface area contributed by atoms with Crippen molar-refractivity contribution in [1.82, 2.24) is 4.90 Å². The number of hydrogen-bond donors (Lipinski definition) is 0. The number of nitrogens with zero attached hydrogens (tertiary/aromatic N) is 3. The van der Waals surface area contributed by atoms with Crippen LogP contribution in [0.25, 0.3) is 0 Å². The quantitative estimate of drug-likeness (QED) is 0.696. The summed E-state index contributed by atoms with van der Waals surface area (Å²) < 4.78 is 45.4. The highest BCUT2D eigenvalue weighted by Crippen LogP contribution is 2.41. The molecule has 0 aliphatic carbocycles. The molecule has 0 radical (unpaired) electrons. The second-order valence-corrected chi connectivity index (χ2v) is 6.85. The number of imide groups is 1. The van der Waals surface area contributed by atoms with Crippen LogP contribution in [-0.2, 0) is 16.5 Å². The third kappa shape index (κ3) is 3.24. The van der Waals surface area contributed by atoms with Crippen LogP contribution in [0.5, 0.6) is 5.75 Å². The summed E-state index contributed by atoms with van der Waals surface area (Å²) in [7, 11) is 1.41. The molecular weight excluding hydrogens is 399 g/mol. The zero-order valence-corrected chi connectivity index (χ0v) is 16.4. The first-order valence-electron chi connectivity index (χ1n) is 9.02. The number of amides is 3. The highest BCUT2D eigenvalue weighted by atomic mass is 19.4. The SMILES string of the molecule is CCOc1ccc(C2(C)C(=O)N(c3ccc(C#N)c(C(F)(F)F)c3)C(=O)N2C)cc1. The molecule has 1 unspecified atom stereocenters. The van der Waals surface area contributed by atoms with E-state index in [0.717, 1.165) is 12.1 Å². The van der Waals surface area contributed by atoms with Crippen LogP contribution in [0, 0.1) is 11.3 Å². The predicted molar refractivity (Wildman–Crippen MR) is 102 cm³/mol. The van der Waals surface area contributed by atoms with Crippen molar-refractivity contribution in [3.63, 3.8) is 0 Å². The molecular formula is C21H18F3N3O3. The molecule has 6 nitrogen and oxygen atoms in total. The Bertz CT molecular complexity index is 1040. The molecule has 156 valence electrons. The smallest absolute Gasteiger partial charge is 0.417 e. The molecule has 9 heteroatoms. The van der Waals surface area contributed by atoms with Crippen LogP contribution >= 0.6 is 0 Å². The lowest BCUT2D eigenvalue weighted by molar-refractivity contribution is -0.137. The zero-order valence-electron chi connectivity index (χ0n) is 16.4. The van der Waals surface area contributed by atoms with Gasteiger partial charge in [0.25, 0.3) is 5.91 Å². The van der Waals surface area contributed by atoms with Gasteiger partial charge in [0, 0.05) is 7.05 Å². The summed E-state index contributed by atoms with van der Waals surface area (Å²) in [5, 5.41) is 8.96. The lowest BCUT2D eigenvalue weighted by Gasteiger charge is -2.29. The minimum Gasteiger partial charge on any atom is -0.494 e. The normalized spacial score (nSPS) is 19.2. The Morgan fingerprint density at radius 2 is 1.77 bits per heavy atom. The maximum atomic E-state index is 13.3. The molecule has 0 aromatic heterocycles. The molecule has 1 saturated heterocycles. The molecule has 30 heavy (non-hydrogen) atoms. The van der Waals surface area contributed by atoms with Crippen LogP contribution in [0.2, 0.25) is 0 Å². The first kappa shape index (κ1) is 21.2. The van der Waals surface area contributed by atoms with Gasteiger partial charge >= 0.3 is 12.2 Å². The summed E-state index contributed by atoms with van der Waals surface area (Å²) in [5.74, 6) is -0.111. The van der Waals surface area contributed by atoms with Crippen molar-refractivity contribution < 1.29 is 27.5 Å². The average molecular weight is 417 g/mol. The number of ether oxygens (including phenoxy) is 1. The van der Waals surface area contributed by atoms with Gasteiger partial charge in [-0.25, -0.2) is 9.69 Å². The largest absolute Gasteiger partial charge is 0.494 e. The fourth-order valence-electron chi connectivity index (χ4n) is 3.38. The molecule has 0 saturated carbocycles. The van der Waals surface area contributed by atoms with Crippen molar-refractivity contribution in [1.29, 1.82) is 5.26 Å². The maximum absolute atomic E-state index is 13.3. The summed E-state index contributed by atoms with van der Waals surface area (Å²) in [6.07, 6.45) is -4.81. The average Bonchev–Trinajstić information content (AvgIpc) is 2.88. The lowest BCUT2D eigenvalue weighted by Crippen LogP contribution is -2.42. The number of nitriles is 1. The van der Waals surface area contributed by atoms with E-state index >= 15 is 0 Å². The van der Waals surface area contributed by atoms with Gasteiger partial charge in [-0.2, -0.15) is 18.4 Å². The number of anilines is 1. The van der Waals surface area contributed by atoms with Crippen molar-refractivity contribution in [3.05, 3.63) is 59.2 Å². The van der Waals surface area contributed by atoms with E-state index in [1.54, 1.807) is 24.3 Å². The summed E-state index contributed by atoms with van der Waals surface area (Å²) in [6.45, 7) is 3.81. The van der Waals surface area contributed by atoms with E-state index in [4.69, 9.17) is 10.00 Å². The van der Waals surface area contributed by atoms with Crippen molar-refractivity contribution in [2.45, 2.75) is 25.6 Å². The minimum atomic E-state index is -4.81. The van der Waals surface area contributed by atoms with Gasteiger partial charge in [0.1, 0.15) is 11.3 Å². The van der Waals surface area contributed by atoms with E-state index in [1.165, 1.54) is 24.9 Å². The van der Waals surface area contributed by atoms with Gasteiger partial charge in [-0.3, -0.25) is 4.79 Å². The zero-order chi connectivity index (χ0) is 22.3. The molecule has 1 heterocycles. The summed E-state index contributed by atoms with van der Waals surface area (Å²) in [4.78, 5) is 28.0. The van der Waals surface area contributed by atoms with E-state index in [-0.39, 0.29) is 5.69 Å². The van der Waals surface area contributed by atoms with Crippen molar-refractivity contribution in [3.8, 4) is 11.8 Å². The van der Waals surface area contributed by atoms with Gasteiger partial charge in [-0.15, -0.1) is 0 Å². The van der Waals surface area contributed by atoms with Gasteiger partial charge in [0.2, 0.25) is 0 Å². The molecule has 0 bridgehead atoms. The van der Waals surface area contributed by atoms with Gasteiger partial charge in [0.15, 0.2) is 0 Å². The Morgan fingerprint density at radius 3 is 2.30 bits per heavy atom. The maximum Gasteiger partial charge on any atom is 0.417 e. The molecule has 1 aliphatic rings. The standard InChI is InChI=1S/C21H18F3N3O3/c1-4-30-16-9-6-14(7-10-16)20(2)18(28)27(19(29)26(20)3)15-8-5-13(12-25)17(11-15)21(22,23)24/h5-11H,4H2,1-3H3. The van der Waals surface area contributed by atoms with Gasteiger partial charge in [0.05, 0.1) is 29.5 Å². The monoisotopic (exact) mass is 417 g/mol. The number of halogens is 3. The van der Waals surface area contributed by atoms with Crippen molar-refractivity contribution in [2.24, 2.45) is 0 Å². The second kappa shape index (κ2) is 7.37. The molecule has 2 aromatic rings. The Labute approximate surface area is 171 Å². The van der Waals surface area contributed by atoms with Crippen LogP contribution in [-0.4, -0.2) is 30.5 Å². The second-order valence-electron chi connectivity index (χ2n) is 6.85. The topological polar surface area (TPSA) is 73.6 Å². The molecule has 3 rings (SSSR count). The molecule has 1 atom stereocenters. The molecule has 0 N–H and O–H groups in total. The van der Waals surface area contributed by atoms with Gasteiger partial charge in [-0.1, -0.05) is 12.1 Å². The fraction of sp³-hybridized carbons (Fsp3) is 0.286. The Kier molecular flexibility index (Phi) is 5.20. The van der Waals surface area contributed by atoms with Gasteiger partial charge in [-0.05, 0) is 49.7 Å². The third-order valence-corrected chi connectivity index (χ3v) is 5.18. The first-order valence-corrected chi connectivity index (χ1v) is 9.02. The summed E-state index contributed by atoms with van der Waals surface area (Å²) >= 11 is 0. The minimum absolute atomic E-state index is 0.252. The number of hydrogen-bond acceptors (Lipinski definition) is 4. The highest BCUT2D eigenvalue weighted by molar-refractivity contribution is 6.23. The number of likely N-dealkylation sites (N-methyl/N-ethyl adjacent to an activating group) is 1. The fourth-order valence-corrected chi connectivity index (χ4v) is 3.38. The molecule has 1 aliphatic heterocycles. The van der Waals surface area contributed by atoms with E-state index in [0.29, 0.717) is 28.9 Å². The van der Waals surface area contributed by atoms with E-state index in [1.807, 2.05) is 6.92 Å². The number of carbonyl (C=O) groups excluding carboxylic acids is 2. The molecule has 2 aromatic carbocycles. The van der Waals surface area contributed by atoms with E-state index in [2.05, 4.69) is 0 Å². The van der Waals surface area contributed by atoms with Crippen molar-refractivity contribution in [2.75, 3.05) is 18.6 Å². The number of alkyl halides is 3. The van der Waals surface area contributed by atoms with Gasteiger partial charge < -0.3 is 9.64 Å². The molecule has 3 amide bonds. The van der Waals surface area contributed by atoms with E-state index < -0.39 is 34.8 Å². The Hall–Kier alpha value is -3.54. The van der Waals surface area contributed by atoms with Crippen LogP contribution in [0.1, 0.15) is 30.5 Å². The van der Waals surface area contributed by atoms with Crippen LogP contribution in [0.3, 0.4) is 0 Å². The van der Waals surface area contributed by atoms with Crippen LogP contribution in [0.15, 0.2) is 42.5 Å². The number of rotatable bonds is 4. The number of urea groups is 1. The van der Waals surface area contributed by atoms with Crippen molar-refractivity contribution >= 4 is 17.6 Å². The third-order valence-electron chi connectivity index (χ3n) is 5.18. The summed E-state index contributed by atoms with van der Waals surface area (Å²) in [6, 6.07) is 10.0. The number of benzene rings is 2. The number of carbonyl (C=O) groups is 2. The lowest BCUT2D eigenvalue weighted by atomic mass is 9.90. The van der Waals surface area contributed by atoms with Crippen LogP contribution < -0.4 is 9.64 Å². The van der Waals surface area contributed by atoms with E-state index in [9.17, 15) is 22.8 Å². The first-order chi connectivity index (χ1) is 14.1. The molecule has 0 spiro atoms. The molecule has 1 fully saturated rings. The Morgan fingerprint density at radius 1 is 1.13 bits per heavy atom. The Balaban J connectivity index is 2.06.